The summed E-state index contributed by atoms with van der Waals surface area (Å²) in [4.78, 5) is 11.9. The van der Waals surface area contributed by atoms with E-state index in [9.17, 15) is 9.90 Å². The Morgan fingerprint density at radius 1 is 1.30 bits per heavy atom. The maximum Gasteiger partial charge on any atom is 0.224 e. The average molecular weight is 296 g/mol. The first-order valence-electron chi connectivity index (χ1n) is 7.31. The van der Waals surface area contributed by atoms with Gasteiger partial charge in [-0.25, -0.2) is 0 Å². The van der Waals surface area contributed by atoms with Gasteiger partial charge in [0.15, 0.2) is 0 Å². The zero-order valence-corrected chi connectivity index (χ0v) is 12.4. The van der Waals surface area contributed by atoms with Gasteiger partial charge in [-0.1, -0.05) is 36.6 Å². The van der Waals surface area contributed by atoms with Crippen molar-refractivity contribution in [2.24, 2.45) is 11.8 Å². The number of aliphatic hydroxyl groups is 1. The maximum absolute atomic E-state index is 11.9. The second-order valence-corrected chi connectivity index (χ2v) is 6.03. The van der Waals surface area contributed by atoms with Gasteiger partial charge in [-0.2, -0.15) is 0 Å². The van der Waals surface area contributed by atoms with Crippen LogP contribution >= 0.6 is 11.6 Å². The predicted octanol–water partition coefficient (Wildman–Crippen LogP) is 2.80. The van der Waals surface area contributed by atoms with Gasteiger partial charge in [-0.3, -0.25) is 4.79 Å². The summed E-state index contributed by atoms with van der Waals surface area (Å²) < 4.78 is 0. The summed E-state index contributed by atoms with van der Waals surface area (Å²) in [5.41, 5.74) is 0.928. The van der Waals surface area contributed by atoms with E-state index < -0.39 is 0 Å². The number of amides is 1. The van der Waals surface area contributed by atoms with Gasteiger partial charge in [0.1, 0.15) is 0 Å². The number of carbonyl (C=O) groups excluding carboxylic acids is 1. The van der Waals surface area contributed by atoms with Crippen LogP contribution in [0, 0.1) is 11.8 Å². The van der Waals surface area contributed by atoms with Crippen LogP contribution in [-0.4, -0.2) is 24.2 Å². The highest BCUT2D eigenvalue weighted by atomic mass is 35.5. The molecule has 2 rings (SSSR count). The molecule has 1 fully saturated rings. The molecule has 110 valence electrons. The molecule has 20 heavy (non-hydrogen) atoms. The number of nitrogens with one attached hydrogen (secondary N) is 1. The topological polar surface area (TPSA) is 49.3 Å². The first-order valence-corrected chi connectivity index (χ1v) is 7.69. The molecule has 0 radical (unpaired) electrons. The number of halogens is 1. The van der Waals surface area contributed by atoms with Crippen LogP contribution in [0.3, 0.4) is 0 Å². The molecule has 0 saturated heterocycles. The largest absolute Gasteiger partial charge is 0.396 e. The molecule has 2 N–H and O–H groups in total. The molecule has 0 heterocycles. The molecular weight excluding hydrogens is 274 g/mol. The standard InChI is InChI=1S/C16H22ClNO2/c17-15-7-3-4-12(8-15)9-16(20)18-10-13-5-1-2-6-14(13)11-19/h3-4,7-8,13-14,19H,1-2,5-6,9-11H2,(H,18,20). The van der Waals surface area contributed by atoms with E-state index in [1.807, 2.05) is 18.2 Å². The third-order valence-electron chi connectivity index (χ3n) is 4.12. The molecule has 1 aromatic rings. The Kier molecular flexibility index (Phi) is 5.86. The van der Waals surface area contributed by atoms with E-state index in [0.29, 0.717) is 29.8 Å². The van der Waals surface area contributed by atoms with Gasteiger partial charge < -0.3 is 10.4 Å². The second-order valence-electron chi connectivity index (χ2n) is 5.60. The number of hydrogen-bond acceptors (Lipinski definition) is 2. The highest BCUT2D eigenvalue weighted by Gasteiger charge is 2.24. The minimum absolute atomic E-state index is 0.0227. The summed E-state index contributed by atoms with van der Waals surface area (Å²) in [6.07, 6.45) is 4.93. The van der Waals surface area contributed by atoms with Crippen molar-refractivity contribution >= 4 is 17.5 Å². The normalized spacial score (nSPS) is 22.5. The molecule has 0 bridgehead atoms. The zero-order chi connectivity index (χ0) is 14.4. The van der Waals surface area contributed by atoms with Crippen molar-refractivity contribution in [3.63, 3.8) is 0 Å². The smallest absolute Gasteiger partial charge is 0.224 e. The fourth-order valence-corrected chi connectivity index (χ4v) is 3.15. The van der Waals surface area contributed by atoms with Gasteiger partial charge >= 0.3 is 0 Å². The van der Waals surface area contributed by atoms with Crippen LogP contribution < -0.4 is 5.32 Å². The monoisotopic (exact) mass is 295 g/mol. The molecule has 1 amide bonds. The Bertz CT molecular complexity index is 450. The molecule has 1 aliphatic rings. The van der Waals surface area contributed by atoms with Gasteiger partial charge in [0, 0.05) is 18.2 Å². The Labute approximate surface area is 125 Å². The maximum atomic E-state index is 11.9. The average Bonchev–Trinajstić information content (AvgIpc) is 2.45. The summed E-state index contributed by atoms with van der Waals surface area (Å²) in [6.45, 7) is 0.902. The van der Waals surface area contributed by atoms with Crippen molar-refractivity contribution in [3.05, 3.63) is 34.9 Å². The van der Waals surface area contributed by atoms with E-state index in [4.69, 9.17) is 11.6 Å². The Balaban J connectivity index is 1.79. The van der Waals surface area contributed by atoms with Gasteiger partial charge in [-0.15, -0.1) is 0 Å². The van der Waals surface area contributed by atoms with Crippen LogP contribution in [0.4, 0.5) is 0 Å². The highest BCUT2D eigenvalue weighted by Crippen LogP contribution is 2.29. The summed E-state index contributed by atoms with van der Waals surface area (Å²) in [5, 5.41) is 13.0. The SMILES string of the molecule is O=C(Cc1cccc(Cl)c1)NCC1CCCCC1CO. The molecule has 0 spiro atoms. The summed E-state index contributed by atoms with van der Waals surface area (Å²) in [5.74, 6) is 0.779. The first-order chi connectivity index (χ1) is 9.69. The molecule has 0 aliphatic heterocycles. The second kappa shape index (κ2) is 7.65. The van der Waals surface area contributed by atoms with E-state index >= 15 is 0 Å². The number of hydrogen-bond donors (Lipinski definition) is 2. The van der Waals surface area contributed by atoms with Crippen molar-refractivity contribution in [1.82, 2.24) is 5.32 Å². The third-order valence-corrected chi connectivity index (χ3v) is 4.35. The molecule has 1 saturated carbocycles. The van der Waals surface area contributed by atoms with Gasteiger partial charge in [0.2, 0.25) is 5.91 Å². The Morgan fingerprint density at radius 3 is 2.75 bits per heavy atom. The molecule has 4 heteroatoms. The quantitative estimate of drug-likeness (QED) is 0.877. The lowest BCUT2D eigenvalue weighted by Crippen LogP contribution is -2.36. The minimum atomic E-state index is 0.0227. The van der Waals surface area contributed by atoms with Crippen LogP contribution in [0.25, 0.3) is 0 Å². The third kappa shape index (κ3) is 4.50. The van der Waals surface area contributed by atoms with E-state index in [-0.39, 0.29) is 12.5 Å². The lowest BCUT2D eigenvalue weighted by Gasteiger charge is -2.30. The van der Waals surface area contributed by atoms with Crippen molar-refractivity contribution in [2.45, 2.75) is 32.1 Å². The van der Waals surface area contributed by atoms with Crippen molar-refractivity contribution < 1.29 is 9.90 Å². The highest BCUT2D eigenvalue weighted by molar-refractivity contribution is 6.30. The summed E-state index contributed by atoms with van der Waals surface area (Å²) >= 11 is 5.91. The van der Waals surface area contributed by atoms with E-state index in [1.54, 1.807) is 6.07 Å². The fraction of sp³-hybridized carbons (Fsp3) is 0.562. The lowest BCUT2D eigenvalue weighted by molar-refractivity contribution is -0.120. The number of carbonyl (C=O) groups is 1. The molecule has 1 aliphatic carbocycles. The van der Waals surface area contributed by atoms with E-state index in [1.165, 1.54) is 12.8 Å². The molecule has 2 unspecified atom stereocenters. The number of aliphatic hydroxyl groups excluding tert-OH is 1. The summed E-state index contributed by atoms with van der Waals surface area (Å²) in [6, 6.07) is 7.38. The van der Waals surface area contributed by atoms with Crippen LogP contribution in [0.15, 0.2) is 24.3 Å². The lowest BCUT2D eigenvalue weighted by atomic mass is 9.79. The molecule has 2 atom stereocenters. The van der Waals surface area contributed by atoms with Crippen LogP contribution in [-0.2, 0) is 11.2 Å². The number of benzene rings is 1. The summed E-state index contributed by atoms with van der Waals surface area (Å²) in [7, 11) is 0. The Hall–Kier alpha value is -1.06. The van der Waals surface area contributed by atoms with Crippen LogP contribution in [0.2, 0.25) is 5.02 Å². The molecule has 3 nitrogen and oxygen atoms in total. The van der Waals surface area contributed by atoms with Crippen molar-refractivity contribution in [2.75, 3.05) is 13.2 Å². The van der Waals surface area contributed by atoms with Gasteiger partial charge in [-0.05, 0) is 42.4 Å². The number of rotatable bonds is 5. The fourth-order valence-electron chi connectivity index (χ4n) is 2.93. The molecule has 1 aromatic carbocycles. The van der Waals surface area contributed by atoms with Gasteiger partial charge in [0.25, 0.3) is 0 Å². The molecule has 0 aromatic heterocycles. The van der Waals surface area contributed by atoms with Gasteiger partial charge in [0.05, 0.1) is 6.42 Å². The Morgan fingerprint density at radius 2 is 2.05 bits per heavy atom. The zero-order valence-electron chi connectivity index (χ0n) is 11.6. The van der Waals surface area contributed by atoms with Crippen LogP contribution in [0.5, 0.6) is 0 Å². The predicted molar refractivity (Wildman–Crippen MR) is 80.7 cm³/mol. The minimum Gasteiger partial charge on any atom is -0.396 e. The first kappa shape index (κ1) is 15.3. The van der Waals surface area contributed by atoms with Crippen LogP contribution in [0.1, 0.15) is 31.2 Å². The molecular formula is C16H22ClNO2. The van der Waals surface area contributed by atoms with Crippen molar-refractivity contribution in [3.8, 4) is 0 Å². The van der Waals surface area contributed by atoms with E-state index in [0.717, 1.165) is 18.4 Å². The van der Waals surface area contributed by atoms with E-state index in [2.05, 4.69) is 5.32 Å². The van der Waals surface area contributed by atoms with Crippen molar-refractivity contribution in [1.29, 1.82) is 0 Å².